The van der Waals surface area contributed by atoms with Gasteiger partial charge in [-0.3, -0.25) is 0 Å². The van der Waals surface area contributed by atoms with Gasteiger partial charge in [-0.1, -0.05) is 29.8 Å². The van der Waals surface area contributed by atoms with Crippen molar-refractivity contribution >= 4 is 22.8 Å². The Labute approximate surface area is 139 Å². The van der Waals surface area contributed by atoms with Crippen LogP contribution in [-0.2, 0) is 11.3 Å². The molecule has 0 atom stereocenters. The van der Waals surface area contributed by atoms with Gasteiger partial charge in [0.25, 0.3) is 0 Å². The Hall–Kier alpha value is -1.85. The third kappa shape index (κ3) is 2.75. The lowest BCUT2D eigenvalue weighted by molar-refractivity contribution is 0.0838. The summed E-state index contributed by atoms with van der Waals surface area (Å²) in [4.78, 5) is 8.30. The third-order valence-electron chi connectivity index (χ3n) is 4.47. The molecule has 2 aromatic heterocycles. The summed E-state index contributed by atoms with van der Waals surface area (Å²) >= 11 is 6.28. The van der Waals surface area contributed by atoms with Gasteiger partial charge in [0.2, 0.25) is 0 Å². The second-order valence-corrected chi connectivity index (χ2v) is 6.45. The number of aromatic amines is 1. The lowest BCUT2D eigenvalue weighted by Gasteiger charge is -2.19. The molecule has 1 fully saturated rings. The molecule has 1 saturated heterocycles. The third-order valence-corrected chi connectivity index (χ3v) is 4.83. The van der Waals surface area contributed by atoms with Crippen LogP contribution in [0, 0.1) is 6.92 Å². The quantitative estimate of drug-likeness (QED) is 0.797. The lowest BCUT2D eigenvalue weighted by Crippen LogP contribution is -2.15. The highest BCUT2D eigenvalue weighted by atomic mass is 35.5. The number of fused-ring (bicyclic) bond motifs is 1. The van der Waals surface area contributed by atoms with E-state index < -0.39 is 0 Å². The van der Waals surface area contributed by atoms with Crippen LogP contribution in [0.4, 0.5) is 0 Å². The van der Waals surface area contributed by atoms with Crippen molar-refractivity contribution in [3.63, 3.8) is 0 Å². The number of ether oxygens (including phenoxy) is 1. The van der Waals surface area contributed by atoms with Gasteiger partial charge in [0.1, 0.15) is 11.3 Å². The molecule has 0 amide bonds. The molecule has 0 saturated carbocycles. The van der Waals surface area contributed by atoms with Gasteiger partial charge in [-0.15, -0.1) is 0 Å². The number of benzene rings is 1. The zero-order valence-electron chi connectivity index (χ0n) is 13.1. The molecule has 3 heterocycles. The number of aromatic nitrogens is 4. The molecule has 1 aliphatic heterocycles. The predicted molar refractivity (Wildman–Crippen MR) is 90.0 cm³/mol. The molecule has 5 nitrogen and oxygen atoms in total. The van der Waals surface area contributed by atoms with E-state index in [9.17, 15) is 0 Å². The normalized spacial score (nSPS) is 16.3. The molecule has 4 rings (SSSR count). The van der Waals surface area contributed by atoms with E-state index in [2.05, 4.69) is 10.1 Å². The fourth-order valence-electron chi connectivity index (χ4n) is 3.16. The Kier molecular flexibility index (Phi) is 3.83. The van der Waals surface area contributed by atoms with Crippen molar-refractivity contribution in [3.8, 4) is 0 Å². The van der Waals surface area contributed by atoms with Gasteiger partial charge in [0.15, 0.2) is 5.65 Å². The minimum Gasteiger partial charge on any atom is -0.381 e. The average molecular weight is 331 g/mol. The van der Waals surface area contributed by atoms with Gasteiger partial charge in [0, 0.05) is 24.2 Å². The van der Waals surface area contributed by atoms with Crippen LogP contribution < -0.4 is 0 Å². The number of nitrogens with one attached hydrogen (secondary N) is 1. The number of imidazole rings is 1. The van der Waals surface area contributed by atoms with E-state index in [4.69, 9.17) is 21.3 Å². The summed E-state index contributed by atoms with van der Waals surface area (Å²) in [7, 11) is 0. The highest BCUT2D eigenvalue weighted by Crippen LogP contribution is 2.28. The largest absolute Gasteiger partial charge is 0.381 e. The molecule has 3 aromatic rings. The maximum atomic E-state index is 6.28. The number of nitrogens with zero attached hydrogens (tertiary/aromatic N) is 3. The van der Waals surface area contributed by atoms with Crippen molar-refractivity contribution in [3.05, 3.63) is 46.4 Å². The molecule has 0 bridgehead atoms. The van der Waals surface area contributed by atoms with Crippen LogP contribution in [0.5, 0.6) is 0 Å². The van der Waals surface area contributed by atoms with Crippen molar-refractivity contribution in [2.45, 2.75) is 32.2 Å². The number of hydrogen-bond acceptors (Lipinski definition) is 3. The standard InChI is InChI=1S/C17H19ClN4O/c1-11-15-17(20-16(19-15)12-6-8-23-9-7-12)22(21-11)10-13-4-2-3-5-14(13)18/h2-5,12H,6-10H2,1H3,(H,19,20). The number of aryl methyl sites for hydroxylation is 1. The van der Waals surface area contributed by atoms with Crippen LogP contribution in [0.25, 0.3) is 11.2 Å². The highest BCUT2D eigenvalue weighted by Gasteiger charge is 2.22. The van der Waals surface area contributed by atoms with Gasteiger partial charge in [-0.05, 0) is 31.4 Å². The Morgan fingerprint density at radius 2 is 2.09 bits per heavy atom. The summed E-state index contributed by atoms with van der Waals surface area (Å²) in [6.07, 6.45) is 2.04. The molecule has 0 aliphatic carbocycles. The van der Waals surface area contributed by atoms with E-state index >= 15 is 0 Å². The van der Waals surface area contributed by atoms with Crippen molar-refractivity contribution in [1.82, 2.24) is 19.7 Å². The van der Waals surface area contributed by atoms with E-state index in [0.29, 0.717) is 12.5 Å². The van der Waals surface area contributed by atoms with Gasteiger partial charge in [0.05, 0.1) is 12.2 Å². The summed E-state index contributed by atoms with van der Waals surface area (Å²) < 4.78 is 7.38. The molecule has 6 heteroatoms. The summed E-state index contributed by atoms with van der Waals surface area (Å²) in [5.74, 6) is 1.50. The van der Waals surface area contributed by atoms with Crippen LogP contribution in [0.3, 0.4) is 0 Å². The Bertz CT molecular complexity index is 832. The van der Waals surface area contributed by atoms with Crippen LogP contribution in [0.2, 0.25) is 5.02 Å². The Morgan fingerprint density at radius 1 is 1.30 bits per heavy atom. The molecular weight excluding hydrogens is 312 g/mol. The summed E-state index contributed by atoms with van der Waals surface area (Å²) in [5, 5.41) is 5.37. The van der Waals surface area contributed by atoms with Crippen molar-refractivity contribution < 1.29 is 4.74 Å². The predicted octanol–water partition coefficient (Wildman–Crippen LogP) is 3.66. The fourth-order valence-corrected chi connectivity index (χ4v) is 3.36. The molecule has 0 spiro atoms. The first-order chi connectivity index (χ1) is 11.2. The highest BCUT2D eigenvalue weighted by molar-refractivity contribution is 6.31. The first-order valence-electron chi connectivity index (χ1n) is 7.96. The summed E-state index contributed by atoms with van der Waals surface area (Å²) in [5.41, 5.74) is 3.95. The SMILES string of the molecule is Cc1nn(Cc2ccccc2Cl)c2nc(C3CCOCC3)[nH]c12. The average Bonchev–Trinajstić information content (AvgIpc) is 3.12. The maximum Gasteiger partial charge on any atom is 0.176 e. The lowest BCUT2D eigenvalue weighted by atomic mass is 10.00. The first kappa shape index (κ1) is 14.7. The molecular formula is C17H19ClN4O. The van der Waals surface area contributed by atoms with Crippen molar-refractivity contribution in [2.24, 2.45) is 0 Å². The van der Waals surface area contributed by atoms with Gasteiger partial charge < -0.3 is 9.72 Å². The van der Waals surface area contributed by atoms with E-state index in [0.717, 1.165) is 59.3 Å². The van der Waals surface area contributed by atoms with E-state index in [1.807, 2.05) is 35.9 Å². The molecule has 0 unspecified atom stereocenters. The van der Waals surface area contributed by atoms with Crippen LogP contribution in [0.1, 0.15) is 35.8 Å². The van der Waals surface area contributed by atoms with E-state index in [1.165, 1.54) is 0 Å². The molecule has 120 valence electrons. The molecule has 1 aliphatic rings. The number of rotatable bonds is 3. The van der Waals surface area contributed by atoms with Crippen molar-refractivity contribution in [1.29, 1.82) is 0 Å². The monoisotopic (exact) mass is 330 g/mol. The molecule has 23 heavy (non-hydrogen) atoms. The Morgan fingerprint density at radius 3 is 2.87 bits per heavy atom. The van der Waals surface area contributed by atoms with Gasteiger partial charge in [-0.25, -0.2) is 9.67 Å². The minimum absolute atomic E-state index is 0.448. The first-order valence-corrected chi connectivity index (χ1v) is 8.34. The van der Waals surface area contributed by atoms with Gasteiger partial charge in [-0.2, -0.15) is 5.10 Å². The van der Waals surface area contributed by atoms with Crippen LogP contribution in [-0.4, -0.2) is 33.0 Å². The smallest absolute Gasteiger partial charge is 0.176 e. The van der Waals surface area contributed by atoms with Gasteiger partial charge >= 0.3 is 0 Å². The Balaban J connectivity index is 1.70. The fraction of sp³-hybridized carbons (Fsp3) is 0.412. The van der Waals surface area contributed by atoms with E-state index in [1.54, 1.807) is 0 Å². The molecule has 1 aromatic carbocycles. The van der Waals surface area contributed by atoms with Crippen LogP contribution >= 0.6 is 11.6 Å². The number of hydrogen-bond donors (Lipinski definition) is 1. The minimum atomic E-state index is 0.448. The van der Waals surface area contributed by atoms with Crippen molar-refractivity contribution in [2.75, 3.05) is 13.2 Å². The second-order valence-electron chi connectivity index (χ2n) is 6.04. The second kappa shape index (κ2) is 5.98. The maximum absolute atomic E-state index is 6.28. The summed E-state index contributed by atoms with van der Waals surface area (Å²) in [6, 6.07) is 7.86. The zero-order valence-corrected chi connectivity index (χ0v) is 13.8. The zero-order chi connectivity index (χ0) is 15.8. The van der Waals surface area contributed by atoms with E-state index in [-0.39, 0.29) is 0 Å². The topological polar surface area (TPSA) is 55.7 Å². The van der Waals surface area contributed by atoms with Crippen LogP contribution in [0.15, 0.2) is 24.3 Å². The number of halogens is 1. The molecule has 1 N–H and O–H groups in total. The molecule has 0 radical (unpaired) electrons. The summed E-state index contributed by atoms with van der Waals surface area (Å²) in [6.45, 7) is 4.26. The number of H-pyrrole nitrogens is 1.